The van der Waals surface area contributed by atoms with Gasteiger partial charge >= 0.3 is 0 Å². The van der Waals surface area contributed by atoms with Gasteiger partial charge in [-0.25, -0.2) is 4.98 Å². The molecule has 0 saturated carbocycles. The summed E-state index contributed by atoms with van der Waals surface area (Å²) < 4.78 is 0. The van der Waals surface area contributed by atoms with Crippen LogP contribution in [0.5, 0.6) is 0 Å². The fourth-order valence-corrected chi connectivity index (χ4v) is 2.16. The predicted molar refractivity (Wildman–Crippen MR) is 50.6 cm³/mol. The van der Waals surface area contributed by atoms with Crippen molar-refractivity contribution >= 4 is 11.6 Å². The molecule has 0 spiro atoms. The summed E-state index contributed by atoms with van der Waals surface area (Å²) in [6.07, 6.45) is 4.97. The minimum absolute atomic E-state index is 0.646. The first-order valence-corrected chi connectivity index (χ1v) is 4.80. The third-order valence-electron chi connectivity index (χ3n) is 2.52. The van der Waals surface area contributed by atoms with Gasteiger partial charge in [-0.15, -0.1) is 0 Å². The van der Waals surface area contributed by atoms with Crippen LogP contribution in [-0.4, -0.2) is 4.98 Å². The standard InChI is InChI=1S/C10H12ClN/c1-7-9-5-3-2-4-8(9)6-10(11)12-7/h6H,2-5H2,1H3. The number of halogens is 1. The van der Waals surface area contributed by atoms with Crippen LogP contribution < -0.4 is 0 Å². The summed E-state index contributed by atoms with van der Waals surface area (Å²) in [7, 11) is 0. The second-order valence-electron chi connectivity index (χ2n) is 3.38. The minimum atomic E-state index is 0.646. The Morgan fingerprint density at radius 2 is 2.08 bits per heavy atom. The molecule has 1 heterocycles. The lowest BCUT2D eigenvalue weighted by Gasteiger charge is -2.17. The van der Waals surface area contributed by atoms with Crippen LogP contribution >= 0.6 is 11.6 Å². The van der Waals surface area contributed by atoms with Crippen molar-refractivity contribution in [1.29, 1.82) is 0 Å². The van der Waals surface area contributed by atoms with E-state index >= 15 is 0 Å². The van der Waals surface area contributed by atoms with E-state index in [1.54, 1.807) is 0 Å². The zero-order valence-electron chi connectivity index (χ0n) is 7.23. The summed E-state index contributed by atoms with van der Waals surface area (Å²) in [5.41, 5.74) is 3.97. The predicted octanol–water partition coefficient (Wildman–Crippen LogP) is 2.92. The van der Waals surface area contributed by atoms with Crippen molar-refractivity contribution in [2.24, 2.45) is 0 Å². The minimum Gasteiger partial charge on any atom is -0.241 e. The van der Waals surface area contributed by atoms with Gasteiger partial charge in [0.05, 0.1) is 0 Å². The van der Waals surface area contributed by atoms with E-state index in [4.69, 9.17) is 11.6 Å². The van der Waals surface area contributed by atoms with Gasteiger partial charge in [0.1, 0.15) is 5.15 Å². The molecule has 1 nitrogen and oxygen atoms in total. The van der Waals surface area contributed by atoms with Crippen molar-refractivity contribution in [1.82, 2.24) is 4.98 Å². The average Bonchev–Trinajstić information content (AvgIpc) is 2.04. The van der Waals surface area contributed by atoms with Crippen LogP contribution in [0.4, 0.5) is 0 Å². The molecule has 1 aromatic rings. The Balaban J connectivity index is 2.53. The number of hydrogen-bond acceptors (Lipinski definition) is 1. The van der Waals surface area contributed by atoms with Crippen molar-refractivity contribution in [2.75, 3.05) is 0 Å². The second-order valence-corrected chi connectivity index (χ2v) is 3.76. The molecule has 2 heteroatoms. The highest BCUT2D eigenvalue weighted by atomic mass is 35.5. The SMILES string of the molecule is Cc1nc(Cl)cc2c1CCCC2. The van der Waals surface area contributed by atoms with E-state index in [-0.39, 0.29) is 0 Å². The molecule has 64 valence electrons. The molecule has 0 saturated heterocycles. The maximum Gasteiger partial charge on any atom is 0.129 e. The number of fused-ring (bicyclic) bond motifs is 1. The molecule has 2 rings (SSSR count). The van der Waals surface area contributed by atoms with Crippen LogP contribution in [0.3, 0.4) is 0 Å². The highest BCUT2D eigenvalue weighted by molar-refractivity contribution is 6.29. The van der Waals surface area contributed by atoms with Gasteiger partial charge in [-0.3, -0.25) is 0 Å². The second kappa shape index (κ2) is 3.06. The van der Waals surface area contributed by atoms with Crippen molar-refractivity contribution < 1.29 is 0 Å². The first kappa shape index (κ1) is 8.06. The van der Waals surface area contributed by atoms with Crippen molar-refractivity contribution in [3.05, 3.63) is 28.0 Å². The normalized spacial score (nSPS) is 15.8. The number of aryl methyl sites for hydroxylation is 2. The molecule has 12 heavy (non-hydrogen) atoms. The van der Waals surface area contributed by atoms with E-state index < -0.39 is 0 Å². The molecule has 0 unspecified atom stereocenters. The topological polar surface area (TPSA) is 12.9 Å². The van der Waals surface area contributed by atoms with Gasteiger partial charge in [0, 0.05) is 5.69 Å². The molecule has 0 atom stereocenters. The fraction of sp³-hybridized carbons (Fsp3) is 0.500. The lowest BCUT2D eigenvalue weighted by molar-refractivity contribution is 0.677. The number of hydrogen-bond donors (Lipinski definition) is 0. The third kappa shape index (κ3) is 1.34. The lowest BCUT2D eigenvalue weighted by Crippen LogP contribution is -2.06. The van der Waals surface area contributed by atoms with E-state index in [2.05, 4.69) is 11.9 Å². The fourth-order valence-electron chi connectivity index (χ4n) is 1.90. The molecule has 1 aromatic heterocycles. The zero-order valence-corrected chi connectivity index (χ0v) is 7.99. The summed E-state index contributed by atoms with van der Waals surface area (Å²) in [5.74, 6) is 0. The van der Waals surface area contributed by atoms with Gasteiger partial charge in [0.25, 0.3) is 0 Å². The van der Waals surface area contributed by atoms with Crippen LogP contribution in [0.25, 0.3) is 0 Å². The summed E-state index contributed by atoms with van der Waals surface area (Å²) in [5, 5.41) is 0.646. The summed E-state index contributed by atoms with van der Waals surface area (Å²) >= 11 is 5.87. The molecular weight excluding hydrogens is 170 g/mol. The van der Waals surface area contributed by atoms with Crippen LogP contribution in [0, 0.1) is 6.92 Å². The first-order chi connectivity index (χ1) is 5.77. The van der Waals surface area contributed by atoms with Crippen molar-refractivity contribution in [3.8, 4) is 0 Å². The molecule has 1 aliphatic carbocycles. The molecule has 0 N–H and O–H groups in total. The first-order valence-electron chi connectivity index (χ1n) is 4.42. The van der Waals surface area contributed by atoms with Crippen LogP contribution in [0.2, 0.25) is 5.15 Å². The third-order valence-corrected chi connectivity index (χ3v) is 2.71. The molecule has 1 aliphatic rings. The smallest absolute Gasteiger partial charge is 0.129 e. The summed E-state index contributed by atoms with van der Waals surface area (Å²) in [6.45, 7) is 2.05. The zero-order chi connectivity index (χ0) is 8.55. The molecule has 0 aromatic carbocycles. The van der Waals surface area contributed by atoms with Crippen LogP contribution in [-0.2, 0) is 12.8 Å². The lowest BCUT2D eigenvalue weighted by atomic mass is 9.91. The molecule has 0 aliphatic heterocycles. The maximum atomic E-state index is 5.87. The van der Waals surface area contributed by atoms with Gasteiger partial charge in [-0.2, -0.15) is 0 Å². The van der Waals surface area contributed by atoms with Crippen LogP contribution in [0.15, 0.2) is 6.07 Å². The molecule has 0 radical (unpaired) electrons. The molecule has 0 bridgehead atoms. The Kier molecular flexibility index (Phi) is 2.05. The van der Waals surface area contributed by atoms with Gasteiger partial charge in [0.15, 0.2) is 0 Å². The highest BCUT2D eigenvalue weighted by Crippen LogP contribution is 2.25. The number of nitrogens with zero attached hydrogens (tertiary/aromatic N) is 1. The van der Waals surface area contributed by atoms with Crippen LogP contribution in [0.1, 0.15) is 29.7 Å². The Bertz CT molecular complexity index is 307. The Morgan fingerprint density at radius 1 is 1.33 bits per heavy atom. The van der Waals surface area contributed by atoms with Gasteiger partial charge < -0.3 is 0 Å². The summed E-state index contributed by atoms with van der Waals surface area (Å²) in [6, 6.07) is 2.02. The molecule has 0 amide bonds. The number of pyridine rings is 1. The highest BCUT2D eigenvalue weighted by Gasteiger charge is 2.12. The Morgan fingerprint density at radius 3 is 2.92 bits per heavy atom. The Labute approximate surface area is 77.8 Å². The quantitative estimate of drug-likeness (QED) is 0.561. The van der Waals surface area contributed by atoms with E-state index in [0.29, 0.717) is 5.15 Å². The molecule has 0 fully saturated rings. The molecular formula is C10H12ClN. The van der Waals surface area contributed by atoms with Crippen molar-refractivity contribution in [2.45, 2.75) is 32.6 Å². The van der Waals surface area contributed by atoms with E-state index in [1.807, 2.05) is 6.07 Å². The van der Waals surface area contributed by atoms with Crippen molar-refractivity contribution in [3.63, 3.8) is 0 Å². The van der Waals surface area contributed by atoms with Gasteiger partial charge in [-0.1, -0.05) is 11.6 Å². The number of rotatable bonds is 0. The average molecular weight is 182 g/mol. The van der Waals surface area contributed by atoms with Gasteiger partial charge in [-0.05, 0) is 49.8 Å². The van der Waals surface area contributed by atoms with E-state index in [9.17, 15) is 0 Å². The van der Waals surface area contributed by atoms with E-state index in [0.717, 1.165) is 5.69 Å². The maximum absolute atomic E-state index is 5.87. The Hall–Kier alpha value is -0.560. The summed E-state index contributed by atoms with van der Waals surface area (Å²) in [4.78, 5) is 4.25. The largest absolute Gasteiger partial charge is 0.241 e. The number of aromatic nitrogens is 1. The monoisotopic (exact) mass is 181 g/mol. The van der Waals surface area contributed by atoms with Gasteiger partial charge in [0.2, 0.25) is 0 Å². The van der Waals surface area contributed by atoms with E-state index in [1.165, 1.54) is 36.8 Å².